The quantitative estimate of drug-likeness (QED) is 0.601. The highest BCUT2D eigenvalue weighted by Gasteiger charge is 2.43. The third kappa shape index (κ3) is 1.63. The molecule has 2 aliphatic carbocycles. The molecule has 0 N–H and O–H groups in total. The molecule has 3 atom stereocenters. The first-order valence-electron chi connectivity index (χ1n) is 5.71. The highest BCUT2D eigenvalue weighted by Crippen LogP contribution is 2.47. The molecule has 0 aliphatic heterocycles. The molecule has 0 aromatic rings. The molecule has 76 valence electrons. The first-order valence-corrected chi connectivity index (χ1v) is 5.71. The summed E-state index contributed by atoms with van der Waals surface area (Å²) in [7, 11) is 2.31. The topological polar surface area (TPSA) is 3.24 Å². The van der Waals surface area contributed by atoms with E-state index in [9.17, 15) is 0 Å². The van der Waals surface area contributed by atoms with Crippen LogP contribution in [0.2, 0.25) is 0 Å². The van der Waals surface area contributed by atoms with Gasteiger partial charge in [0.05, 0.1) is 0 Å². The van der Waals surface area contributed by atoms with Crippen LogP contribution in [0.1, 0.15) is 46.5 Å². The number of hydrogen-bond acceptors (Lipinski definition) is 1. The van der Waals surface area contributed by atoms with E-state index in [2.05, 4.69) is 32.7 Å². The maximum absolute atomic E-state index is 2.61. The van der Waals surface area contributed by atoms with Crippen molar-refractivity contribution in [3.8, 4) is 0 Å². The van der Waals surface area contributed by atoms with Gasteiger partial charge in [-0.2, -0.15) is 0 Å². The molecule has 0 radical (unpaired) electrons. The number of hydrogen-bond donors (Lipinski definition) is 0. The molecule has 0 saturated heterocycles. The third-order valence-corrected chi connectivity index (χ3v) is 4.26. The second-order valence-corrected chi connectivity index (χ2v) is 6.02. The summed E-state index contributed by atoms with van der Waals surface area (Å²) in [6.07, 6.45) is 6.00. The fourth-order valence-corrected chi connectivity index (χ4v) is 3.18. The van der Waals surface area contributed by atoms with Crippen LogP contribution in [0.15, 0.2) is 0 Å². The predicted molar refractivity (Wildman–Crippen MR) is 56.8 cm³/mol. The Morgan fingerprint density at radius 2 is 1.77 bits per heavy atom. The SMILES string of the molecule is CN(C1CC2CCC1C2)C(C)(C)C. The molecule has 0 amide bonds. The van der Waals surface area contributed by atoms with E-state index in [1.165, 1.54) is 25.7 Å². The zero-order chi connectivity index (χ0) is 9.64. The van der Waals surface area contributed by atoms with Gasteiger partial charge in [-0.05, 0) is 58.9 Å². The highest BCUT2D eigenvalue weighted by molar-refractivity contribution is 4.97. The van der Waals surface area contributed by atoms with Gasteiger partial charge in [0, 0.05) is 11.6 Å². The van der Waals surface area contributed by atoms with Crippen LogP contribution in [0.5, 0.6) is 0 Å². The van der Waals surface area contributed by atoms with E-state index in [4.69, 9.17) is 0 Å². The zero-order valence-electron chi connectivity index (χ0n) is 9.51. The minimum atomic E-state index is 0.356. The Balaban J connectivity index is 2.02. The van der Waals surface area contributed by atoms with Gasteiger partial charge >= 0.3 is 0 Å². The van der Waals surface area contributed by atoms with E-state index in [-0.39, 0.29) is 0 Å². The van der Waals surface area contributed by atoms with E-state index in [1.807, 2.05) is 0 Å². The molecule has 13 heavy (non-hydrogen) atoms. The number of fused-ring (bicyclic) bond motifs is 2. The number of rotatable bonds is 1. The van der Waals surface area contributed by atoms with Crippen LogP contribution in [-0.2, 0) is 0 Å². The lowest BCUT2D eigenvalue weighted by atomic mass is 9.91. The maximum Gasteiger partial charge on any atom is 0.0128 e. The minimum absolute atomic E-state index is 0.356. The van der Waals surface area contributed by atoms with Crippen LogP contribution in [0, 0.1) is 11.8 Å². The Bertz CT molecular complexity index is 192. The third-order valence-electron chi connectivity index (χ3n) is 4.26. The first-order chi connectivity index (χ1) is 5.98. The predicted octanol–water partition coefficient (Wildman–Crippen LogP) is 2.91. The summed E-state index contributed by atoms with van der Waals surface area (Å²) in [4.78, 5) is 2.61. The van der Waals surface area contributed by atoms with Gasteiger partial charge in [-0.15, -0.1) is 0 Å². The average molecular weight is 181 g/mol. The van der Waals surface area contributed by atoms with Crippen molar-refractivity contribution in [1.29, 1.82) is 0 Å². The van der Waals surface area contributed by atoms with Crippen molar-refractivity contribution >= 4 is 0 Å². The Morgan fingerprint density at radius 1 is 1.08 bits per heavy atom. The van der Waals surface area contributed by atoms with Crippen molar-refractivity contribution in [2.75, 3.05) is 7.05 Å². The molecule has 1 heteroatoms. The van der Waals surface area contributed by atoms with Crippen LogP contribution >= 0.6 is 0 Å². The van der Waals surface area contributed by atoms with Gasteiger partial charge in [-0.3, -0.25) is 4.90 Å². The van der Waals surface area contributed by atoms with Gasteiger partial charge in [0.2, 0.25) is 0 Å². The van der Waals surface area contributed by atoms with Crippen molar-refractivity contribution < 1.29 is 0 Å². The normalized spacial score (nSPS) is 39.0. The Hall–Kier alpha value is -0.0400. The van der Waals surface area contributed by atoms with Crippen molar-refractivity contribution in [2.24, 2.45) is 11.8 Å². The zero-order valence-corrected chi connectivity index (χ0v) is 9.51. The summed E-state index contributed by atoms with van der Waals surface area (Å²) in [6, 6.07) is 0.888. The summed E-state index contributed by atoms with van der Waals surface area (Å²) in [5.41, 5.74) is 0.356. The van der Waals surface area contributed by atoms with E-state index in [0.717, 1.165) is 17.9 Å². The molecule has 0 aromatic carbocycles. The molecule has 2 fully saturated rings. The summed E-state index contributed by atoms with van der Waals surface area (Å²) >= 11 is 0. The van der Waals surface area contributed by atoms with E-state index < -0.39 is 0 Å². The summed E-state index contributed by atoms with van der Waals surface area (Å²) in [5.74, 6) is 2.09. The lowest BCUT2D eigenvalue weighted by Gasteiger charge is -2.40. The molecule has 0 spiro atoms. The molecule has 2 bridgehead atoms. The molecule has 0 aromatic heterocycles. The van der Waals surface area contributed by atoms with E-state index in [0.29, 0.717) is 5.54 Å². The van der Waals surface area contributed by atoms with Crippen LogP contribution in [-0.4, -0.2) is 23.5 Å². The monoisotopic (exact) mass is 181 g/mol. The van der Waals surface area contributed by atoms with Crippen molar-refractivity contribution in [3.05, 3.63) is 0 Å². The Morgan fingerprint density at radius 3 is 2.15 bits per heavy atom. The second kappa shape index (κ2) is 2.98. The fourth-order valence-electron chi connectivity index (χ4n) is 3.18. The lowest BCUT2D eigenvalue weighted by Crippen LogP contribution is -2.47. The van der Waals surface area contributed by atoms with Gasteiger partial charge in [-0.25, -0.2) is 0 Å². The molecule has 2 rings (SSSR count). The van der Waals surface area contributed by atoms with Crippen molar-refractivity contribution in [1.82, 2.24) is 4.90 Å². The van der Waals surface area contributed by atoms with Crippen molar-refractivity contribution in [2.45, 2.75) is 58.0 Å². The Labute approximate surface area is 82.5 Å². The van der Waals surface area contributed by atoms with Crippen molar-refractivity contribution in [3.63, 3.8) is 0 Å². The minimum Gasteiger partial charge on any atom is -0.298 e. The summed E-state index contributed by atoms with van der Waals surface area (Å²) < 4.78 is 0. The van der Waals surface area contributed by atoms with Crippen LogP contribution in [0.3, 0.4) is 0 Å². The van der Waals surface area contributed by atoms with Crippen LogP contribution < -0.4 is 0 Å². The molecule has 1 nitrogen and oxygen atoms in total. The highest BCUT2D eigenvalue weighted by atomic mass is 15.2. The lowest BCUT2D eigenvalue weighted by molar-refractivity contribution is 0.0807. The van der Waals surface area contributed by atoms with E-state index in [1.54, 1.807) is 0 Å². The fraction of sp³-hybridized carbons (Fsp3) is 1.00. The van der Waals surface area contributed by atoms with Gasteiger partial charge in [-0.1, -0.05) is 6.42 Å². The van der Waals surface area contributed by atoms with Gasteiger partial charge in [0.15, 0.2) is 0 Å². The molecule has 2 saturated carbocycles. The standard InChI is InChI=1S/C12H23N/c1-12(2,3)13(4)11-8-9-5-6-10(11)7-9/h9-11H,5-8H2,1-4H3. The molecular weight excluding hydrogens is 158 g/mol. The molecule has 2 aliphatic rings. The van der Waals surface area contributed by atoms with Gasteiger partial charge < -0.3 is 0 Å². The first kappa shape index (κ1) is 9.51. The van der Waals surface area contributed by atoms with Gasteiger partial charge in [0.25, 0.3) is 0 Å². The van der Waals surface area contributed by atoms with E-state index >= 15 is 0 Å². The summed E-state index contributed by atoms with van der Waals surface area (Å²) in [5, 5.41) is 0. The van der Waals surface area contributed by atoms with Crippen LogP contribution in [0.4, 0.5) is 0 Å². The Kier molecular flexibility index (Phi) is 2.18. The van der Waals surface area contributed by atoms with Crippen LogP contribution in [0.25, 0.3) is 0 Å². The average Bonchev–Trinajstić information content (AvgIpc) is 2.60. The maximum atomic E-state index is 2.61. The van der Waals surface area contributed by atoms with Gasteiger partial charge in [0.1, 0.15) is 0 Å². The summed E-state index contributed by atoms with van der Waals surface area (Å²) in [6.45, 7) is 7.00. The molecule has 0 heterocycles. The smallest absolute Gasteiger partial charge is 0.0128 e. The largest absolute Gasteiger partial charge is 0.298 e. The molecular formula is C12H23N. The second-order valence-electron chi connectivity index (χ2n) is 6.02. The number of nitrogens with zero attached hydrogens (tertiary/aromatic N) is 1. The molecule has 3 unspecified atom stereocenters.